The molecular weight excluding hydrogens is 408 g/mol. The van der Waals surface area contributed by atoms with E-state index in [2.05, 4.69) is 39.4 Å². The van der Waals surface area contributed by atoms with E-state index in [9.17, 15) is 13.6 Å². The number of allylic oxidation sites excluding steroid dienone is 1. The van der Waals surface area contributed by atoms with E-state index in [1.807, 2.05) is 10.8 Å². The molecule has 2 aromatic rings. The molecule has 1 amide bonds. The lowest BCUT2D eigenvalue weighted by Gasteiger charge is -2.31. The van der Waals surface area contributed by atoms with Crippen molar-refractivity contribution >= 4 is 29.3 Å². The number of piperidine rings is 1. The summed E-state index contributed by atoms with van der Waals surface area (Å²) in [5.74, 6) is -1.31. The van der Waals surface area contributed by atoms with Gasteiger partial charge < -0.3 is 0 Å². The molecule has 0 bridgehead atoms. The number of carbonyl (C=O) groups is 1. The van der Waals surface area contributed by atoms with Crippen molar-refractivity contribution in [1.29, 1.82) is 0 Å². The molecule has 1 aliphatic carbocycles. The Kier molecular flexibility index (Phi) is 4.97. The largest absolute Gasteiger partial charge is 0.298 e. The SMILES string of the molecule is Cc1cc(C2CC=Cc3nc(NC(=O)C4CC4)nn32)sc1CN1CCC(F)(F)CC1. The predicted octanol–water partition coefficient (Wildman–Crippen LogP) is 4.23. The van der Waals surface area contributed by atoms with Crippen LogP contribution in [0.1, 0.15) is 59.3 Å². The Hall–Kier alpha value is -2.13. The summed E-state index contributed by atoms with van der Waals surface area (Å²) < 4.78 is 28.8. The van der Waals surface area contributed by atoms with E-state index in [1.54, 1.807) is 11.3 Å². The summed E-state index contributed by atoms with van der Waals surface area (Å²) in [5.41, 5.74) is 1.19. The topological polar surface area (TPSA) is 63.1 Å². The van der Waals surface area contributed by atoms with Crippen molar-refractivity contribution in [3.63, 3.8) is 0 Å². The normalized spacial score (nSPS) is 23.4. The standard InChI is InChI=1S/C21H25F2N5OS/c1-13-11-16(30-17(13)12-27-9-7-21(22,23)8-10-27)15-3-2-4-18-24-20(26-28(15)18)25-19(29)14-5-6-14/h2,4,11,14-15H,3,5-10,12H2,1H3,(H,25,26,29). The van der Waals surface area contributed by atoms with Gasteiger partial charge in [-0.05, 0) is 43.9 Å². The summed E-state index contributed by atoms with van der Waals surface area (Å²) in [4.78, 5) is 21.0. The van der Waals surface area contributed by atoms with E-state index in [0.29, 0.717) is 25.6 Å². The van der Waals surface area contributed by atoms with Crippen LogP contribution in [0.15, 0.2) is 12.1 Å². The van der Waals surface area contributed by atoms with Crippen molar-refractivity contribution in [2.45, 2.75) is 57.5 Å². The molecule has 6 nitrogen and oxygen atoms in total. The minimum Gasteiger partial charge on any atom is -0.298 e. The predicted molar refractivity (Wildman–Crippen MR) is 112 cm³/mol. The van der Waals surface area contributed by atoms with E-state index >= 15 is 0 Å². The number of amides is 1. The molecule has 1 N–H and O–H groups in total. The molecule has 0 spiro atoms. The van der Waals surface area contributed by atoms with Gasteiger partial charge in [0.05, 0.1) is 6.04 Å². The lowest BCUT2D eigenvalue weighted by molar-refractivity contribution is -0.117. The molecule has 1 unspecified atom stereocenters. The van der Waals surface area contributed by atoms with Crippen LogP contribution in [-0.2, 0) is 11.3 Å². The van der Waals surface area contributed by atoms with Crippen LogP contribution in [0.3, 0.4) is 0 Å². The average Bonchev–Trinajstić information content (AvgIpc) is 3.39. The van der Waals surface area contributed by atoms with E-state index in [4.69, 9.17) is 0 Å². The maximum atomic E-state index is 13.4. The molecule has 0 radical (unpaired) electrons. The zero-order valence-electron chi connectivity index (χ0n) is 16.9. The van der Waals surface area contributed by atoms with Gasteiger partial charge in [0, 0.05) is 48.1 Å². The summed E-state index contributed by atoms with van der Waals surface area (Å²) in [6.07, 6.45) is 6.59. The van der Waals surface area contributed by atoms with Gasteiger partial charge in [0.1, 0.15) is 0 Å². The number of fused-ring (bicyclic) bond motifs is 1. The Morgan fingerprint density at radius 3 is 2.83 bits per heavy atom. The summed E-state index contributed by atoms with van der Waals surface area (Å²) in [6.45, 7) is 3.66. The zero-order chi connectivity index (χ0) is 20.9. The van der Waals surface area contributed by atoms with Gasteiger partial charge in [-0.2, -0.15) is 4.98 Å². The van der Waals surface area contributed by atoms with Crippen LogP contribution >= 0.6 is 11.3 Å². The van der Waals surface area contributed by atoms with Crippen molar-refractivity contribution < 1.29 is 13.6 Å². The molecule has 160 valence electrons. The molecule has 4 heterocycles. The Bertz CT molecular complexity index is 984. The number of carbonyl (C=O) groups excluding carboxylic acids is 1. The van der Waals surface area contributed by atoms with Crippen molar-refractivity contribution in [1.82, 2.24) is 19.7 Å². The van der Waals surface area contributed by atoms with Gasteiger partial charge >= 0.3 is 0 Å². The highest BCUT2D eigenvalue weighted by molar-refractivity contribution is 7.12. The first kappa shape index (κ1) is 19.8. The number of nitrogens with one attached hydrogen (secondary N) is 1. The average molecular weight is 434 g/mol. The minimum atomic E-state index is -2.52. The van der Waals surface area contributed by atoms with Gasteiger partial charge in [0.15, 0.2) is 5.82 Å². The number of halogens is 2. The molecular formula is C21H25F2N5OS. The van der Waals surface area contributed by atoms with Gasteiger partial charge in [-0.3, -0.25) is 15.0 Å². The number of likely N-dealkylation sites (tertiary alicyclic amines) is 1. The third-order valence-corrected chi connectivity index (χ3v) is 7.41. The first-order chi connectivity index (χ1) is 14.4. The number of aryl methyl sites for hydroxylation is 1. The molecule has 9 heteroatoms. The molecule has 30 heavy (non-hydrogen) atoms. The minimum absolute atomic E-state index is 0.000148. The second-order valence-electron chi connectivity index (χ2n) is 8.54. The third-order valence-electron chi connectivity index (χ3n) is 6.09. The van der Waals surface area contributed by atoms with Gasteiger partial charge in [0.25, 0.3) is 5.92 Å². The number of aromatic nitrogens is 3. The van der Waals surface area contributed by atoms with E-state index in [1.165, 1.54) is 15.3 Å². The molecule has 2 fully saturated rings. The van der Waals surface area contributed by atoms with Crippen LogP contribution in [0.25, 0.3) is 6.08 Å². The fourth-order valence-corrected chi connectivity index (χ4v) is 5.36. The summed E-state index contributed by atoms with van der Waals surface area (Å²) in [7, 11) is 0. The lowest BCUT2D eigenvalue weighted by atomic mass is 10.1. The van der Waals surface area contributed by atoms with Gasteiger partial charge in [-0.1, -0.05) is 6.08 Å². The van der Waals surface area contributed by atoms with Crippen molar-refractivity contribution in [3.8, 4) is 0 Å². The fourth-order valence-electron chi connectivity index (χ4n) is 4.04. The van der Waals surface area contributed by atoms with E-state index in [0.717, 1.165) is 25.1 Å². The maximum absolute atomic E-state index is 13.4. The first-order valence-corrected chi connectivity index (χ1v) is 11.3. The Morgan fingerprint density at radius 1 is 1.33 bits per heavy atom. The van der Waals surface area contributed by atoms with Crippen molar-refractivity contribution in [3.05, 3.63) is 33.3 Å². The van der Waals surface area contributed by atoms with Crippen LogP contribution < -0.4 is 5.32 Å². The smallest absolute Gasteiger partial charge is 0.250 e. The second-order valence-corrected chi connectivity index (χ2v) is 9.71. The molecule has 1 atom stereocenters. The molecule has 1 saturated carbocycles. The van der Waals surface area contributed by atoms with E-state index in [-0.39, 0.29) is 30.7 Å². The van der Waals surface area contributed by atoms with Crippen molar-refractivity contribution in [2.24, 2.45) is 5.92 Å². The summed E-state index contributed by atoms with van der Waals surface area (Å²) in [5, 5.41) is 7.39. The zero-order valence-corrected chi connectivity index (χ0v) is 17.7. The van der Waals surface area contributed by atoms with Crippen LogP contribution in [0, 0.1) is 12.8 Å². The number of nitrogens with zero attached hydrogens (tertiary/aromatic N) is 4. The van der Waals surface area contributed by atoms with Crippen LogP contribution in [0.5, 0.6) is 0 Å². The summed E-state index contributed by atoms with van der Waals surface area (Å²) in [6, 6.07) is 2.21. The first-order valence-electron chi connectivity index (χ1n) is 10.5. The number of hydrogen-bond donors (Lipinski definition) is 1. The van der Waals surface area contributed by atoms with Crippen LogP contribution in [0.2, 0.25) is 0 Å². The Labute approximate surface area is 178 Å². The van der Waals surface area contributed by atoms with Gasteiger partial charge in [-0.15, -0.1) is 16.4 Å². The summed E-state index contributed by atoms with van der Waals surface area (Å²) >= 11 is 1.72. The molecule has 1 saturated heterocycles. The third kappa shape index (κ3) is 4.05. The second kappa shape index (κ2) is 7.53. The monoisotopic (exact) mass is 433 g/mol. The quantitative estimate of drug-likeness (QED) is 0.766. The molecule has 2 aliphatic heterocycles. The number of rotatable bonds is 5. The Morgan fingerprint density at radius 2 is 2.10 bits per heavy atom. The van der Waals surface area contributed by atoms with E-state index < -0.39 is 5.92 Å². The number of hydrogen-bond acceptors (Lipinski definition) is 5. The highest BCUT2D eigenvalue weighted by Crippen LogP contribution is 2.37. The lowest BCUT2D eigenvalue weighted by Crippen LogP contribution is -2.38. The fraction of sp³-hybridized carbons (Fsp3) is 0.571. The van der Waals surface area contributed by atoms with Crippen molar-refractivity contribution in [2.75, 3.05) is 18.4 Å². The highest BCUT2D eigenvalue weighted by atomic mass is 32.1. The number of thiophene rings is 1. The molecule has 0 aromatic carbocycles. The van der Waals surface area contributed by atoms with Crippen LogP contribution in [0.4, 0.5) is 14.7 Å². The number of alkyl halides is 2. The molecule has 2 aromatic heterocycles. The Balaban J connectivity index is 1.32. The molecule has 5 rings (SSSR count). The number of anilines is 1. The highest BCUT2D eigenvalue weighted by Gasteiger charge is 2.34. The van der Waals surface area contributed by atoms with Gasteiger partial charge in [-0.25, -0.2) is 13.5 Å². The van der Waals surface area contributed by atoms with Gasteiger partial charge in [0.2, 0.25) is 11.9 Å². The maximum Gasteiger partial charge on any atom is 0.250 e. The molecule has 3 aliphatic rings. The van der Waals surface area contributed by atoms with Crippen LogP contribution in [-0.4, -0.2) is 44.6 Å².